The van der Waals surface area contributed by atoms with E-state index >= 15 is 0 Å². The third-order valence-electron chi connectivity index (χ3n) is 2.66. The lowest BCUT2D eigenvalue weighted by Gasteiger charge is -2.10. The zero-order valence-electron chi connectivity index (χ0n) is 9.39. The zero-order valence-corrected chi connectivity index (χ0v) is 9.39. The molecule has 0 amide bonds. The van der Waals surface area contributed by atoms with Crippen LogP contribution in [0.15, 0.2) is 42.5 Å². The second kappa shape index (κ2) is 4.69. The van der Waals surface area contributed by atoms with Gasteiger partial charge in [-0.15, -0.1) is 0 Å². The molecule has 2 N–H and O–H groups in total. The van der Waals surface area contributed by atoms with Crippen molar-refractivity contribution in [1.82, 2.24) is 0 Å². The van der Waals surface area contributed by atoms with Crippen LogP contribution in [-0.4, -0.2) is 17.2 Å². The van der Waals surface area contributed by atoms with E-state index in [1.165, 1.54) is 18.2 Å². The van der Waals surface area contributed by atoms with Crippen LogP contribution in [-0.2, 0) is 0 Å². The minimum Gasteiger partial charge on any atom is -0.423 e. The molecule has 0 saturated carbocycles. The largest absolute Gasteiger partial charge is 0.489 e. The van der Waals surface area contributed by atoms with Gasteiger partial charge in [-0.3, -0.25) is 0 Å². The normalized spacial score (nSPS) is 10.4. The van der Waals surface area contributed by atoms with Crippen molar-refractivity contribution in [3.8, 4) is 11.1 Å². The predicted octanol–water partition coefficient (Wildman–Crippen LogP) is 1.48. The minimum atomic E-state index is -1.68. The van der Waals surface area contributed by atoms with Gasteiger partial charge in [0.25, 0.3) is 0 Å². The first-order valence-electron chi connectivity index (χ1n) is 5.31. The van der Waals surface area contributed by atoms with Crippen LogP contribution in [0.4, 0.5) is 4.39 Å². The second-order valence-corrected chi connectivity index (χ2v) is 3.94. The Bertz CT molecular complexity index is 523. The highest BCUT2D eigenvalue weighted by molar-refractivity contribution is 6.60. The topological polar surface area (TPSA) is 40.5 Å². The highest BCUT2D eigenvalue weighted by Crippen LogP contribution is 2.21. The average Bonchev–Trinajstić information content (AvgIpc) is 2.30. The SMILES string of the molecule is Cc1ccc(-c2c(F)cccc2B(O)O)cc1. The molecule has 0 bridgehead atoms. The van der Waals surface area contributed by atoms with Crippen molar-refractivity contribution in [1.29, 1.82) is 0 Å². The first-order valence-corrected chi connectivity index (χ1v) is 5.31. The van der Waals surface area contributed by atoms with Gasteiger partial charge in [0, 0.05) is 5.56 Å². The van der Waals surface area contributed by atoms with E-state index in [-0.39, 0.29) is 11.0 Å². The molecule has 0 aliphatic carbocycles. The molecule has 0 aliphatic rings. The molecule has 0 saturated heterocycles. The Morgan fingerprint density at radius 3 is 2.24 bits per heavy atom. The van der Waals surface area contributed by atoms with E-state index in [1.807, 2.05) is 19.1 Å². The molecule has 2 nitrogen and oxygen atoms in total. The Balaban J connectivity index is 2.61. The van der Waals surface area contributed by atoms with Crippen LogP contribution in [0.3, 0.4) is 0 Å². The summed E-state index contributed by atoms with van der Waals surface area (Å²) >= 11 is 0. The number of halogens is 1. The molecule has 0 atom stereocenters. The number of benzene rings is 2. The van der Waals surface area contributed by atoms with Crippen molar-refractivity contribution < 1.29 is 14.4 Å². The molecule has 0 unspecified atom stereocenters. The van der Waals surface area contributed by atoms with Gasteiger partial charge in [-0.2, -0.15) is 0 Å². The quantitative estimate of drug-likeness (QED) is 0.767. The van der Waals surface area contributed by atoms with E-state index in [0.717, 1.165) is 5.56 Å². The van der Waals surface area contributed by atoms with Crippen molar-refractivity contribution >= 4 is 12.6 Å². The monoisotopic (exact) mass is 230 g/mol. The Hall–Kier alpha value is -1.65. The Labute approximate surface area is 99.5 Å². The number of rotatable bonds is 2. The summed E-state index contributed by atoms with van der Waals surface area (Å²) in [4.78, 5) is 0. The molecular formula is C13H12BFO2. The summed E-state index contributed by atoms with van der Waals surface area (Å²) < 4.78 is 13.8. The fourth-order valence-corrected chi connectivity index (χ4v) is 1.78. The van der Waals surface area contributed by atoms with Crippen LogP contribution in [0.25, 0.3) is 11.1 Å². The highest BCUT2D eigenvalue weighted by atomic mass is 19.1. The van der Waals surface area contributed by atoms with Gasteiger partial charge in [0.2, 0.25) is 0 Å². The molecule has 0 aliphatic heterocycles. The fourth-order valence-electron chi connectivity index (χ4n) is 1.78. The lowest BCUT2D eigenvalue weighted by molar-refractivity contribution is 0.425. The lowest BCUT2D eigenvalue weighted by atomic mass is 9.75. The summed E-state index contributed by atoms with van der Waals surface area (Å²) in [5, 5.41) is 18.5. The highest BCUT2D eigenvalue weighted by Gasteiger charge is 2.19. The summed E-state index contributed by atoms with van der Waals surface area (Å²) in [6.07, 6.45) is 0. The van der Waals surface area contributed by atoms with Crippen LogP contribution in [0, 0.1) is 12.7 Å². The molecule has 0 radical (unpaired) electrons. The van der Waals surface area contributed by atoms with Gasteiger partial charge in [-0.1, -0.05) is 42.0 Å². The summed E-state index contributed by atoms with van der Waals surface area (Å²) in [5.41, 5.74) is 2.12. The third kappa shape index (κ3) is 2.38. The molecule has 0 heterocycles. The summed E-state index contributed by atoms with van der Waals surface area (Å²) in [6, 6.07) is 11.5. The van der Waals surface area contributed by atoms with Crippen molar-refractivity contribution in [3.05, 3.63) is 53.8 Å². The predicted molar refractivity (Wildman–Crippen MR) is 66.4 cm³/mol. The maximum Gasteiger partial charge on any atom is 0.489 e. The minimum absolute atomic E-state index is 0.175. The molecule has 0 aromatic heterocycles. The van der Waals surface area contributed by atoms with Gasteiger partial charge in [0.05, 0.1) is 0 Å². The smallest absolute Gasteiger partial charge is 0.423 e. The van der Waals surface area contributed by atoms with Gasteiger partial charge in [-0.25, -0.2) is 4.39 Å². The van der Waals surface area contributed by atoms with Crippen LogP contribution >= 0.6 is 0 Å². The molecule has 86 valence electrons. The van der Waals surface area contributed by atoms with Gasteiger partial charge in [0.15, 0.2) is 0 Å². The van der Waals surface area contributed by atoms with E-state index < -0.39 is 12.9 Å². The van der Waals surface area contributed by atoms with E-state index in [0.29, 0.717) is 5.56 Å². The molecular weight excluding hydrogens is 218 g/mol. The standard InChI is InChI=1S/C13H12BFO2/c1-9-5-7-10(8-6-9)13-11(14(16)17)3-2-4-12(13)15/h2-8,16-17H,1H3. The first-order chi connectivity index (χ1) is 8.09. The summed E-state index contributed by atoms with van der Waals surface area (Å²) in [6.45, 7) is 1.94. The Morgan fingerprint density at radius 1 is 1.00 bits per heavy atom. The van der Waals surface area contributed by atoms with Crippen LogP contribution < -0.4 is 5.46 Å². The molecule has 2 aromatic rings. The van der Waals surface area contributed by atoms with E-state index in [9.17, 15) is 14.4 Å². The van der Waals surface area contributed by atoms with Gasteiger partial charge in [0.1, 0.15) is 5.82 Å². The van der Waals surface area contributed by atoms with E-state index in [1.54, 1.807) is 12.1 Å². The number of aryl methyl sites for hydroxylation is 1. The van der Waals surface area contributed by atoms with Crippen molar-refractivity contribution in [2.24, 2.45) is 0 Å². The Kier molecular flexibility index (Phi) is 3.27. The maximum absolute atomic E-state index is 13.8. The van der Waals surface area contributed by atoms with Crippen molar-refractivity contribution in [2.75, 3.05) is 0 Å². The van der Waals surface area contributed by atoms with Crippen molar-refractivity contribution in [3.63, 3.8) is 0 Å². The molecule has 0 fully saturated rings. The molecule has 0 spiro atoms. The second-order valence-electron chi connectivity index (χ2n) is 3.94. The van der Waals surface area contributed by atoms with Crippen molar-refractivity contribution in [2.45, 2.75) is 6.92 Å². The number of hydrogen-bond acceptors (Lipinski definition) is 2. The third-order valence-corrected chi connectivity index (χ3v) is 2.66. The molecule has 2 aromatic carbocycles. The van der Waals surface area contributed by atoms with E-state index in [4.69, 9.17) is 0 Å². The lowest BCUT2D eigenvalue weighted by Crippen LogP contribution is -2.32. The first kappa shape index (κ1) is 11.8. The van der Waals surface area contributed by atoms with E-state index in [2.05, 4.69) is 0 Å². The van der Waals surface area contributed by atoms with Gasteiger partial charge in [-0.05, 0) is 24.0 Å². The Morgan fingerprint density at radius 2 is 1.65 bits per heavy atom. The maximum atomic E-state index is 13.8. The van der Waals surface area contributed by atoms with Crippen LogP contribution in [0.5, 0.6) is 0 Å². The summed E-state index contributed by atoms with van der Waals surface area (Å²) in [5.74, 6) is -0.459. The zero-order chi connectivity index (χ0) is 12.4. The van der Waals surface area contributed by atoms with Crippen LogP contribution in [0.2, 0.25) is 0 Å². The summed E-state index contributed by atoms with van der Waals surface area (Å²) in [7, 11) is -1.68. The molecule has 4 heteroatoms. The van der Waals surface area contributed by atoms with Gasteiger partial charge >= 0.3 is 7.12 Å². The molecule has 2 rings (SSSR count). The molecule has 17 heavy (non-hydrogen) atoms. The van der Waals surface area contributed by atoms with Gasteiger partial charge < -0.3 is 10.0 Å². The number of hydrogen-bond donors (Lipinski definition) is 2. The fraction of sp³-hybridized carbons (Fsp3) is 0.0769. The average molecular weight is 230 g/mol. The van der Waals surface area contributed by atoms with Crippen LogP contribution in [0.1, 0.15) is 5.56 Å².